The Morgan fingerprint density at radius 1 is 1.36 bits per heavy atom. The third kappa shape index (κ3) is 6.85. The van der Waals surface area contributed by atoms with Crippen LogP contribution in [-0.4, -0.2) is 60.5 Å². The predicted molar refractivity (Wildman–Crippen MR) is 104 cm³/mol. The Balaban J connectivity index is 1.79. The summed E-state index contributed by atoms with van der Waals surface area (Å²) in [5.74, 6) is 0.130. The smallest absolute Gasteiger partial charge is 0.275 e. The normalized spacial score (nSPS) is 20.9. The summed E-state index contributed by atoms with van der Waals surface area (Å²) in [5, 5.41) is 11.6. The predicted octanol–water partition coefficient (Wildman–Crippen LogP) is -1.07. The molecular weight excluding hydrogens is 356 g/mol. The Labute approximate surface area is 158 Å². The summed E-state index contributed by atoms with van der Waals surface area (Å²) in [5.41, 5.74) is -0.165. The minimum atomic E-state index is -0.165. The average Bonchev–Trinajstić information content (AvgIpc) is 2.85. The highest BCUT2D eigenvalue weighted by Crippen LogP contribution is 2.12. The van der Waals surface area contributed by atoms with E-state index in [0.29, 0.717) is 13.1 Å². The molecule has 140 valence electrons. The van der Waals surface area contributed by atoms with Crippen molar-refractivity contribution in [1.29, 1.82) is 0 Å². The first-order chi connectivity index (χ1) is 11.8. The molecule has 0 unspecified atom stereocenters. The van der Waals surface area contributed by atoms with Gasteiger partial charge >= 0.3 is 0 Å². The van der Waals surface area contributed by atoms with E-state index in [1.807, 2.05) is 25.5 Å². The summed E-state index contributed by atoms with van der Waals surface area (Å²) >= 11 is 6.90. The van der Waals surface area contributed by atoms with Gasteiger partial charge in [0.1, 0.15) is 26.2 Å². The largest absolute Gasteiger partial charge is 0.357 e. The van der Waals surface area contributed by atoms with Crippen LogP contribution in [0.5, 0.6) is 0 Å². The molecule has 0 atom stereocenters. The molecule has 1 aliphatic rings. The van der Waals surface area contributed by atoms with Gasteiger partial charge in [-0.25, -0.2) is 0 Å². The van der Waals surface area contributed by atoms with Gasteiger partial charge in [0.05, 0.1) is 0 Å². The van der Waals surface area contributed by atoms with Crippen molar-refractivity contribution in [2.75, 3.05) is 44.6 Å². The molecule has 1 fully saturated rings. The van der Waals surface area contributed by atoms with Crippen molar-refractivity contribution in [2.45, 2.75) is 33.0 Å². The summed E-state index contributed by atoms with van der Waals surface area (Å²) in [7, 11) is 0. The maximum absolute atomic E-state index is 12.1. The van der Waals surface area contributed by atoms with Gasteiger partial charge in [0.2, 0.25) is 5.13 Å². The molecule has 0 radical (unpaired) electrons. The first kappa shape index (κ1) is 20.0. The SMILES string of the molecule is C=CCNc1nn(C[NH+]2CC[NH+](CC(=O)NC(C)(C)C)CC2)c(=S)s1. The summed E-state index contributed by atoms with van der Waals surface area (Å²) < 4.78 is 2.69. The van der Waals surface area contributed by atoms with E-state index in [2.05, 4.69) is 22.3 Å². The first-order valence-corrected chi connectivity index (χ1v) is 9.90. The van der Waals surface area contributed by atoms with Gasteiger partial charge in [-0.3, -0.25) is 4.79 Å². The maximum atomic E-state index is 12.1. The van der Waals surface area contributed by atoms with Gasteiger partial charge < -0.3 is 20.4 Å². The molecule has 1 saturated heterocycles. The third-order valence-electron chi connectivity index (χ3n) is 3.97. The van der Waals surface area contributed by atoms with Crippen molar-refractivity contribution in [3.63, 3.8) is 0 Å². The quantitative estimate of drug-likeness (QED) is 0.356. The van der Waals surface area contributed by atoms with Crippen LogP contribution in [0.3, 0.4) is 0 Å². The number of anilines is 1. The lowest BCUT2D eigenvalue weighted by molar-refractivity contribution is -1.02. The van der Waals surface area contributed by atoms with E-state index in [-0.39, 0.29) is 11.4 Å². The zero-order valence-electron chi connectivity index (χ0n) is 15.4. The van der Waals surface area contributed by atoms with E-state index in [1.165, 1.54) is 21.1 Å². The standard InChI is InChI=1S/C16H28N6OS2/c1-5-6-17-14-19-22(15(24)25-14)12-21-9-7-20(8-10-21)11-13(23)18-16(2,3)4/h5H,1,6-12H2,2-4H3,(H,17,19)(H,18,23)/p+2. The van der Waals surface area contributed by atoms with E-state index in [4.69, 9.17) is 12.2 Å². The highest BCUT2D eigenvalue weighted by atomic mass is 32.1. The lowest BCUT2D eigenvalue weighted by Crippen LogP contribution is -3.28. The van der Waals surface area contributed by atoms with Crippen LogP contribution >= 0.6 is 23.6 Å². The maximum Gasteiger partial charge on any atom is 0.275 e. The van der Waals surface area contributed by atoms with Crippen LogP contribution in [0.1, 0.15) is 20.8 Å². The highest BCUT2D eigenvalue weighted by Gasteiger charge is 2.26. The second-order valence-corrected chi connectivity index (χ2v) is 9.10. The van der Waals surface area contributed by atoms with E-state index in [1.54, 1.807) is 6.08 Å². The van der Waals surface area contributed by atoms with Crippen molar-refractivity contribution < 1.29 is 14.6 Å². The number of piperazine rings is 1. The van der Waals surface area contributed by atoms with Gasteiger partial charge in [0.15, 0.2) is 17.2 Å². The summed E-state index contributed by atoms with van der Waals surface area (Å²) in [6.45, 7) is 15.8. The number of nitrogens with one attached hydrogen (secondary N) is 4. The van der Waals surface area contributed by atoms with Crippen LogP contribution < -0.4 is 20.4 Å². The Kier molecular flexibility index (Phi) is 7.12. The van der Waals surface area contributed by atoms with Gasteiger partial charge in [-0.15, -0.1) is 11.7 Å². The van der Waals surface area contributed by atoms with Gasteiger partial charge in [-0.2, -0.15) is 4.68 Å². The lowest BCUT2D eigenvalue weighted by atomic mass is 10.1. The molecule has 2 heterocycles. The van der Waals surface area contributed by atoms with Gasteiger partial charge in [-0.1, -0.05) is 17.4 Å². The van der Waals surface area contributed by atoms with Crippen molar-refractivity contribution in [1.82, 2.24) is 15.1 Å². The molecule has 7 nitrogen and oxygen atoms in total. The van der Waals surface area contributed by atoms with Crippen LogP contribution in [0.25, 0.3) is 0 Å². The molecule has 1 amide bonds. The highest BCUT2D eigenvalue weighted by molar-refractivity contribution is 7.73. The molecule has 25 heavy (non-hydrogen) atoms. The molecule has 0 bridgehead atoms. The monoisotopic (exact) mass is 386 g/mol. The van der Waals surface area contributed by atoms with Gasteiger partial charge in [0.25, 0.3) is 5.91 Å². The Morgan fingerprint density at radius 2 is 2.00 bits per heavy atom. The fourth-order valence-electron chi connectivity index (χ4n) is 2.83. The number of hydrogen-bond donors (Lipinski definition) is 4. The number of nitrogens with zero attached hydrogens (tertiary/aromatic N) is 2. The molecule has 0 spiro atoms. The number of hydrogen-bond acceptors (Lipinski definition) is 5. The van der Waals surface area contributed by atoms with Crippen molar-refractivity contribution in [2.24, 2.45) is 0 Å². The fraction of sp³-hybridized carbons (Fsp3) is 0.688. The summed E-state index contributed by atoms with van der Waals surface area (Å²) in [4.78, 5) is 14.9. The van der Waals surface area contributed by atoms with Crippen molar-refractivity contribution in [3.05, 3.63) is 16.6 Å². The molecule has 0 aliphatic carbocycles. The molecule has 9 heteroatoms. The van der Waals surface area contributed by atoms with Crippen LogP contribution in [0.15, 0.2) is 12.7 Å². The van der Waals surface area contributed by atoms with Crippen LogP contribution in [-0.2, 0) is 11.5 Å². The number of amides is 1. The number of quaternary nitrogens is 2. The first-order valence-electron chi connectivity index (χ1n) is 8.67. The van der Waals surface area contributed by atoms with E-state index in [9.17, 15) is 4.79 Å². The lowest BCUT2D eigenvalue weighted by Gasteiger charge is -2.30. The molecule has 1 aromatic rings. The van der Waals surface area contributed by atoms with Gasteiger partial charge in [0, 0.05) is 12.1 Å². The third-order valence-corrected chi connectivity index (χ3v) is 5.23. The molecule has 2 rings (SSSR count). The zero-order valence-corrected chi connectivity index (χ0v) is 17.0. The minimum Gasteiger partial charge on any atom is -0.357 e. The summed E-state index contributed by atoms with van der Waals surface area (Å²) in [6.07, 6.45) is 1.80. The molecule has 1 aromatic heterocycles. The topological polar surface area (TPSA) is 67.8 Å². The Morgan fingerprint density at radius 3 is 2.60 bits per heavy atom. The molecule has 1 aliphatic heterocycles. The van der Waals surface area contributed by atoms with Crippen molar-refractivity contribution in [3.8, 4) is 0 Å². The van der Waals surface area contributed by atoms with E-state index >= 15 is 0 Å². The second-order valence-electron chi connectivity index (χ2n) is 7.48. The second kappa shape index (κ2) is 8.88. The fourth-order valence-corrected chi connectivity index (χ4v) is 3.84. The van der Waals surface area contributed by atoms with Crippen LogP contribution in [0.2, 0.25) is 0 Å². The van der Waals surface area contributed by atoms with E-state index < -0.39 is 0 Å². The van der Waals surface area contributed by atoms with Gasteiger partial charge in [-0.05, 0) is 33.0 Å². The molecule has 4 N–H and O–H groups in total. The average molecular weight is 387 g/mol. The Bertz CT molecular complexity index is 640. The van der Waals surface area contributed by atoms with Crippen LogP contribution in [0, 0.1) is 3.95 Å². The Hall–Kier alpha value is -1.29. The number of aromatic nitrogens is 2. The molecule has 0 aromatic carbocycles. The molecular formula is C16H30N6OS2+2. The molecule has 0 saturated carbocycles. The minimum absolute atomic E-state index is 0.130. The van der Waals surface area contributed by atoms with Crippen molar-refractivity contribution >= 4 is 34.6 Å². The number of rotatable bonds is 7. The zero-order chi connectivity index (χ0) is 18.4. The number of carbonyl (C=O) groups is 1. The van der Waals surface area contributed by atoms with E-state index in [0.717, 1.165) is 41.9 Å². The summed E-state index contributed by atoms with van der Waals surface area (Å²) in [6, 6.07) is 0. The number of carbonyl (C=O) groups excluding carboxylic acids is 1. The van der Waals surface area contributed by atoms with Crippen LogP contribution in [0.4, 0.5) is 5.13 Å².